The van der Waals surface area contributed by atoms with Crippen molar-refractivity contribution in [2.45, 2.75) is 32.2 Å². The summed E-state index contributed by atoms with van der Waals surface area (Å²) in [5.41, 5.74) is 0. The highest BCUT2D eigenvalue weighted by atomic mass is 32.2. The molecule has 0 aromatic rings. The van der Waals surface area contributed by atoms with Crippen molar-refractivity contribution in [3.05, 3.63) is 0 Å². The van der Waals surface area contributed by atoms with Crippen molar-refractivity contribution in [1.82, 2.24) is 10.6 Å². The first-order valence-corrected chi connectivity index (χ1v) is 7.14. The molecule has 0 spiro atoms. The Bertz CT molecular complexity index is 195. The van der Waals surface area contributed by atoms with E-state index in [-0.39, 0.29) is 5.91 Å². The van der Waals surface area contributed by atoms with Gasteiger partial charge in [-0.25, -0.2) is 0 Å². The number of hydrogen-bond acceptors (Lipinski definition) is 3. The standard InChI is InChI=1S/C11H22N2OS/c1-3-10(8-15-2)13-11(14)7-12-6-9-4-5-9/h9-10,12H,3-8H2,1-2H3,(H,13,14). The number of thioether (sulfide) groups is 1. The summed E-state index contributed by atoms with van der Waals surface area (Å²) in [7, 11) is 0. The molecule has 1 rings (SSSR count). The first kappa shape index (κ1) is 12.8. The van der Waals surface area contributed by atoms with Crippen molar-refractivity contribution < 1.29 is 4.79 Å². The van der Waals surface area contributed by atoms with Crippen molar-refractivity contribution in [2.75, 3.05) is 25.1 Å². The predicted molar refractivity (Wildman–Crippen MR) is 66.2 cm³/mol. The van der Waals surface area contributed by atoms with Gasteiger partial charge < -0.3 is 10.6 Å². The Morgan fingerprint density at radius 1 is 1.53 bits per heavy atom. The normalized spacial score (nSPS) is 17.5. The van der Waals surface area contributed by atoms with Crippen LogP contribution in [0.1, 0.15) is 26.2 Å². The maximum Gasteiger partial charge on any atom is 0.234 e. The monoisotopic (exact) mass is 230 g/mol. The lowest BCUT2D eigenvalue weighted by Crippen LogP contribution is -2.41. The molecule has 0 aromatic carbocycles. The van der Waals surface area contributed by atoms with Gasteiger partial charge in [-0.1, -0.05) is 6.92 Å². The molecule has 2 N–H and O–H groups in total. The lowest BCUT2D eigenvalue weighted by molar-refractivity contribution is -0.120. The molecule has 88 valence electrons. The molecule has 0 heterocycles. The molecular formula is C11H22N2OS. The van der Waals surface area contributed by atoms with Crippen molar-refractivity contribution in [1.29, 1.82) is 0 Å². The highest BCUT2D eigenvalue weighted by Crippen LogP contribution is 2.27. The quantitative estimate of drug-likeness (QED) is 0.659. The fourth-order valence-corrected chi connectivity index (χ4v) is 2.17. The van der Waals surface area contributed by atoms with E-state index in [9.17, 15) is 4.79 Å². The Morgan fingerprint density at radius 3 is 2.80 bits per heavy atom. The lowest BCUT2D eigenvalue weighted by atomic mass is 10.2. The zero-order chi connectivity index (χ0) is 11.1. The van der Waals surface area contributed by atoms with Crippen molar-refractivity contribution >= 4 is 17.7 Å². The Balaban J connectivity index is 2.03. The van der Waals surface area contributed by atoms with Crippen LogP contribution in [0.15, 0.2) is 0 Å². The molecule has 4 heteroatoms. The molecule has 1 aliphatic carbocycles. The molecule has 1 amide bonds. The third-order valence-electron chi connectivity index (χ3n) is 2.64. The minimum Gasteiger partial charge on any atom is -0.351 e. The van der Waals surface area contributed by atoms with Crippen molar-refractivity contribution in [3.63, 3.8) is 0 Å². The number of nitrogens with one attached hydrogen (secondary N) is 2. The van der Waals surface area contributed by atoms with Crippen LogP contribution >= 0.6 is 11.8 Å². The van der Waals surface area contributed by atoms with Crippen LogP contribution in [-0.4, -0.2) is 37.0 Å². The fourth-order valence-electron chi connectivity index (χ4n) is 1.45. The number of rotatable bonds is 8. The van der Waals surface area contributed by atoms with Crippen LogP contribution in [0.4, 0.5) is 0 Å². The van der Waals surface area contributed by atoms with Crippen LogP contribution in [-0.2, 0) is 4.79 Å². The van der Waals surface area contributed by atoms with E-state index >= 15 is 0 Å². The Labute approximate surface area is 96.8 Å². The molecule has 1 fully saturated rings. The number of hydrogen-bond donors (Lipinski definition) is 2. The summed E-state index contributed by atoms with van der Waals surface area (Å²) in [5, 5.41) is 6.24. The summed E-state index contributed by atoms with van der Waals surface area (Å²) in [6, 6.07) is 0.329. The molecule has 1 aliphatic rings. The van der Waals surface area contributed by atoms with E-state index in [0.717, 1.165) is 24.6 Å². The molecule has 0 aliphatic heterocycles. The van der Waals surface area contributed by atoms with Gasteiger partial charge in [-0.05, 0) is 38.0 Å². The lowest BCUT2D eigenvalue weighted by Gasteiger charge is -2.15. The van der Waals surface area contributed by atoms with Crippen LogP contribution in [0, 0.1) is 5.92 Å². The zero-order valence-electron chi connectivity index (χ0n) is 9.71. The maximum absolute atomic E-state index is 11.5. The Kier molecular flexibility index (Phi) is 6.10. The van der Waals surface area contributed by atoms with Crippen molar-refractivity contribution in [3.8, 4) is 0 Å². The molecule has 1 saturated carbocycles. The molecule has 0 radical (unpaired) electrons. The van der Waals surface area contributed by atoms with Gasteiger partial charge in [0.25, 0.3) is 0 Å². The van der Waals surface area contributed by atoms with Crippen LogP contribution in [0.5, 0.6) is 0 Å². The third-order valence-corrected chi connectivity index (χ3v) is 3.38. The van der Waals surface area contributed by atoms with Gasteiger partial charge in [0, 0.05) is 11.8 Å². The second kappa shape index (κ2) is 7.12. The summed E-state index contributed by atoms with van der Waals surface area (Å²) in [5.74, 6) is 1.98. The summed E-state index contributed by atoms with van der Waals surface area (Å²) in [6.07, 6.45) is 5.74. The van der Waals surface area contributed by atoms with E-state index in [1.54, 1.807) is 11.8 Å². The van der Waals surface area contributed by atoms with E-state index in [4.69, 9.17) is 0 Å². The predicted octanol–water partition coefficient (Wildman–Crippen LogP) is 1.24. The Morgan fingerprint density at radius 2 is 2.27 bits per heavy atom. The molecule has 3 nitrogen and oxygen atoms in total. The second-order valence-corrected chi connectivity index (χ2v) is 5.11. The average molecular weight is 230 g/mol. The summed E-state index contributed by atoms with van der Waals surface area (Å²) in [4.78, 5) is 11.5. The highest BCUT2D eigenvalue weighted by Gasteiger charge is 2.20. The molecular weight excluding hydrogens is 208 g/mol. The van der Waals surface area contributed by atoms with Gasteiger partial charge in [-0.2, -0.15) is 11.8 Å². The van der Waals surface area contributed by atoms with Crippen LogP contribution in [0.3, 0.4) is 0 Å². The first-order valence-electron chi connectivity index (χ1n) is 5.75. The van der Waals surface area contributed by atoms with E-state index in [2.05, 4.69) is 23.8 Å². The van der Waals surface area contributed by atoms with Gasteiger partial charge in [0.05, 0.1) is 6.54 Å². The molecule has 0 aromatic heterocycles. The Hall–Kier alpha value is -0.220. The van der Waals surface area contributed by atoms with Gasteiger partial charge >= 0.3 is 0 Å². The molecule has 15 heavy (non-hydrogen) atoms. The van der Waals surface area contributed by atoms with Gasteiger partial charge in [0.1, 0.15) is 0 Å². The number of carbonyl (C=O) groups excluding carboxylic acids is 1. The zero-order valence-corrected chi connectivity index (χ0v) is 10.5. The van der Waals surface area contributed by atoms with Gasteiger partial charge in [0.2, 0.25) is 5.91 Å². The minimum atomic E-state index is 0.136. The number of amides is 1. The van der Waals surface area contributed by atoms with E-state index in [1.807, 2.05) is 0 Å². The van der Waals surface area contributed by atoms with Gasteiger partial charge in [-0.15, -0.1) is 0 Å². The van der Waals surface area contributed by atoms with Crippen molar-refractivity contribution in [2.24, 2.45) is 5.92 Å². The second-order valence-electron chi connectivity index (χ2n) is 4.20. The molecule has 0 saturated heterocycles. The van der Waals surface area contributed by atoms with E-state index in [1.165, 1.54) is 12.8 Å². The maximum atomic E-state index is 11.5. The highest BCUT2D eigenvalue weighted by molar-refractivity contribution is 7.98. The van der Waals surface area contributed by atoms with Crippen LogP contribution < -0.4 is 10.6 Å². The molecule has 1 atom stereocenters. The third kappa shape index (κ3) is 6.05. The SMILES string of the molecule is CCC(CSC)NC(=O)CNCC1CC1. The van der Waals surface area contributed by atoms with E-state index < -0.39 is 0 Å². The van der Waals surface area contributed by atoms with Gasteiger partial charge in [-0.3, -0.25) is 4.79 Å². The largest absolute Gasteiger partial charge is 0.351 e. The number of carbonyl (C=O) groups is 1. The summed E-state index contributed by atoms with van der Waals surface area (Å²) in [6.45, 7) is 3.59. The fraction of sp³-hybridized carbons (Fsp3) is 0.909. The average Bonchev–Trinajstić information content (AvgIpc) is 3.01. The first-order chi connectivity index (χ1) is 7.26. The minimum absolute atomic E-state index is 0.136. The topological polar surface area (TPSA) is 41.1 Å². The van der Waals surface area contributed by atoms with Crippen LogP contribution in [0.2, 0.25) is 0 Å². The summed E-state index contributed by atoms with van der Waals surface area (Å²) < 4.78 is 0. The smallest absolute Gasteiger partial charge is 0.234 e. The van der Waals surface area contributed by atoms with E-state index in [0.29, 0.717) is 12.6 Å². The van der Waals surface area contributed by atoms with Crippen LogP contribution in [0.25, 0.3) is 0 Å². The molecule has 0 bridgehead atoms. The molecule has 1 unspecified atom stereocenters. The van der Waals surface area contributed by atoms with Gasteiger partial charge in [0.15, 0.2) is 0 Å². The summed E-state index contributed by atoms with van der Waals surface area (Å²) >= 11 is 1.78.